The predicted molar refractivity (Wildman–Crippen MR) is 76.0 cm³/mol. The van der Waals surface area contributed by atoms with Gasteiger partial charge in [0.2, 0.25) is 0 Å². The summed E-state index contributed by atoms with van der Waals surface area (Å²) >= 11 is 6.42. The molecule has 0 saturated carbocycles. The van der Waals surface area contributed by atoms with E-state index in [0.717, 1.165) is 6.07 Å². The predicted octanol–water partition coefficient (Wildman–Crippen LogP) is 5.66. The molecule has 100 valence electrons. The van der Waals surface area contributed by atoms with Crippen molar-refractivity contribution in [1.82, 2.24) is 0 Å². The average molecular weight is 394 g/mol. The van der Waals surface area contributed by atoms with Crippen LogP contribution >= 0.6 is 31.9 Å². The maximum absolute atomic E-state index is 13.8. The van der Waals surface area contributed by atoms with Crippen molar-refractivity contribution >= 4 is 31.9 Å². The largest absolute Gasteiger partial charge is 0.207 e. The third-order valence-corrected chi connectivity index (χ3v) is 4.27. The van der Waals surface area contributed by atoms with Crippen LogP contribution in [0.5, 0.6) is 0 Å². The van der Waals surface area contributed by atoms with Crippen molar-refractivity contribution in [3.05, 3.63) is 68.9 Å². The maximum atomic E-state index is 13.8. The van der Waals surface area contributed by atoms with Gasteiger partial charge in [-0.15, -0.1) is 0 Å². The van der Waals surface area contributed by atoms with Crippen LogP contribution in [0, 0.1) is 24.4 Å². The van der Waals surface area contributed by atoms with E-state index in [1.807, 2.05) is 0 Å². The van der Waals surface area contributed by atoms with Gasteiger partial charge in [-0.3, -0.25) is 0 Å². The zero-order chi connectivity index (χ0) is 14.2. The molecule has 0 amide bonds. The normalized spacial score (nSPS) is 12.5. The van der Waals surface area contributed by atoms with Crippen molar-refractivity contribution in [1.29, 1.82) is 0 Å². The molecule has 2 aromatic carbocycles. The number of alkyl halides is 1. The minimum Gasteiger partial charge on any atom is -0.207 e. The number of rotatable bonds is 2. The van der Waals surface area contributed by atoms with Crippen LogP contribution in [0.15, 0.2) is 34.8 Å². The summed E-state index contributed by atoms with van der Waals surface area (Å²) in [7, 11) is 0. The first-order valence-electron chi connectivity index (χ1n) is 5.44. The Bertz CT molecular complexity index is 626. The van der Waals surface area contributed by atoms with Gasteiger partial charge < -0.3 is 0 Å². The minimum atomic E-state index is -0.702. The fourth-order valence-corrected chi connectivity index (χ4v) is 2.80. The molecule has 0 heterocycles. The van der Waals surface area contributed by atoms with Crippen LogP contribution in [0.2, 0.25) is 0 Å². The topological polar surface area (TPSA) is 0 Å². The van der Waals surface area contributed by atoms with Crippen molar-refractivity contribution in [2.45, 2.75) is 11.8 Å². The van der Waals surface area contributed by atoms with Gasteiger partial charge in [-0.2, -0.15) is 0 Å². The van der Waals surface area contributed by atoms with E-state index < -0.39 is 22.3 Å². The van der Waals surface area contributed by atoms with Crippen LogP contribution in [0.3, 0.4) is 0 Å². The zero-order valence-electron chi connectivity index (χ0n) is 9.85. The molecule has 19 heavy (non-hydrogen) atoms. The fourth-order valence-electron chi connectivity index (χ4n) is 1.75. The van der Waals surface area contributed by atoms with Gasteiger partial charge >= 0.3 is 0 Å². The molecule has 0 N–H and O–H groups in total. The Morgan fingerprint density at radius 3 is 2.16 bits per heavy atom. The van der Waals surface area contributed by atoms with Crippen LogP contribution < -0.4 is 0 Å². The highest BCUT2D eigenvalue weighted by atomic mass is 79.9. The van der Waals surface area contributed by atoms with E-state index >= 15 is 0 Å². The van der Waals surface area contributed by atoms with E-state index in [-0.39, 0.29) is 5.56 Å². The molecule has 0 saturated heterocycles. The van der Waals surface area contributed by atoms with Crippen molar-refractivity contribution in [2.75, 3.05) is 0 Å². The number of aryl methyl sites for hydroxylation is 1. The summed E-state index contributed by atoms with van der Waals surface area (Å²) in [5, 5.41) is 0. The third kappa shape index (κ3) is 3.03. The lowest BCUT2D eigenvalue weighted by atomic mass is 10.0. The fraction of sp³-hybridized carbons (Fsp3) is 0.143. The van der Waals surface area contributed by atoms with Crippen molar-refractivity contribution in [3.63, 3.8) is 0 Å². The molecule has 0 spiro atoms. The number of hydrogen-bond donors (Lipinski definition) is 0. The van der Waals surface area contributed by atoms with E-state index in [4.69, 9.17) is 0 Å². The summed E-state index contributed by atoms with van der Waals surface area (Å²) in [4.78, 5) is -0.667. The summed E-state index contributed by atoms with van der Waals surface area (Å²) in [5.74, 6) is -1.78. The van der Waals surface area contributed by atoms with Gasteiger partial charge in [-0.1, -0.05) is 37.9 Å². The van der Waals surface area contributed by atoms with Crippen LogP contribution in [0.1, 0.15) is 21.5 Å². The highest BCUT2D eigenvalue weighted by Gasteiger charge is 2.20. The van der Waals surface area contributed by atoms with Gasteiger partial charge in [0.05, 0.1) is 4.83 Å². The van der Waals surface area contributed by atoms with Crippen molar-refractivity contribution in [3.8, 4) is 0 Å². The molecule has 0 aliphatic heterocycles. The quantitative estimate of drug-likeness (QED) is 0.577. The lowest BCUT2D eigenvalue weighted by Gasteiger charge is -2.14. The highest BCUT2D eigenvalue weighted by molar-refractivity contribution is 9.10. The van der Waals surface area contributed by atoms with E-state index in [2.05, 4.69) is 31.9 Å². The summed E-state index contributed by atoms with van der Waals surface area (Å²) in [5.41, 5.74) is 0.826. The summed E-state index contributed by atoms with van der Waals surface area (Å²) in [6.07, 6.45) is 0. The SMILES string of the molecule is Cc1cc(C(Br)c2ccc(Br)cc2F)c(F)cc1F. The molecule has 0 fully saturated rings. The highest BCUT2D eigenvalue weighted by Crippen LogP contribution is 2.35. The molecule has 2 aromatic rings. The molecule has 0 radical (unpaired) electrons. The average Bonchev–Trinajstić information content (AvgIpc) is 2.33. The van der Waals surface area contributed by atoms with Gasteiger partial charge in [0.25, 0.3) is 0 Å². The number of halogens is 5. The molecule has 2 rings (SSSR count). The van der Waals surface area contributed by atoms with Crippen LogP contribution in [-0.2, 0) is 0 Å². The molecule has 0 aromatic heterocycles. The molecule has 1 atom stereocenters. The smallest absolute Gasteiger partial charge is 0.130 e. The Balaban J connectivity index is 2.49. The first-order valence-corrected chi connectivity index (χ1v) is 7.15. The van der Waals surface area contributed by atoms with Crippen LogP contribution in [-0.4, -0.2) is 0 Å². The molecule has 0 nitrogen and oxygen atoms in total. The van der Waals surface area contributed by atoms with Gasteiger partial charge in [-0.05, 0) is 30.7 Å². The summed E-state index contributed by atoms with van der Waals surface area (Å²) in [6, 6.07) is 6.72. The second-order valence-electron chi connectivity index (χ2n) is 4.15. The van der Waals surface area contributed by atoms with E-state index in [0.29, 0.717) is 15.6 Å². The second-order valence-corrected chi connectivity index (χ2v) is 5.98. The lowest BCUT2D eigenvalue weighted by molar-refractivity contribution is 0.566. The minimum absolute atomic E-state index is 0.208. The molecule has 0 aliphatic rings. The number of hydrogen-bond acceptors (Lipinski definition) is 0. The maximum Gasteiger partial charge on any atom is 0.130 e. The van der Waals surface area contributed by atoms with Crippen LogP contribution in [0.4, 0.5) is 13.2 Å². The van der Waals surface area contributed by atoms with Crippen LogP contribution in [0.25, 0.3) is 0 Å². The first kappa shape index (κ1) is 14.6. The van der Waals surface area contributed by atoms with Crippen molar-refractivity contribution in [2.24, 2.45) is 0 Å². The molecule has 5 heteroatoms. The lowest BCUT2D eigenvalue weighted by Crippen LogP contribution is -2.01. The summed E-state index contributed by atoms with van der Waals surface area (Å²) in [6.45, 7) is 1.54. The Morgan fingerprint density at radius 1 is 0.895 bits per heavy atom. The Labute approximate surface area is 125 Å². The molecule has 0 aliphatic carbocycles. The Morgan fingerprint density at radius 2 is 1.53 bits per heavy atom. The van der Waals surface area contributed by atoms with E-state index in [1.54, 1.807) is 12.1 Å². The molecule has 0 bridgehead atoms. The molecular formula is C14H9Br2F3. The monoisotopic (exact) mass is 392 g/mol. The van der Waals surface area contributed by atoms with Gasteiger partial charge in [-0.25, -0.2) is 13.2 Å². The second kappa shape index (κ2) is 5.67. The van der Waals surface area contributed by atoms with E-state index in [1.165, 1.54) is 19.1 Å². The van der Waals surface area contributed by atoms with Gasteiger partial charge in [0, 0.05) is 21.7 Å². The third-order valence-electron chi connectivity index (χ3n) is 2.79. The molecular weight excluding hydrogens is 385 g/mol. The first-order chi connectivity index (χ1) is 8.90. The Kier molecular flexibility index (Phi) is 4.36. The molecule has 1 unspecified atom stereocenters. The standard InChI is InChI=1S/C14H9Br2F3/c1-7-4-10(13(19)6-11(7)17)14(16)9-3-2-8(15)5-12(9)18/h2-6,14H,1H3. The van der Waals surface area contributed by atoms with Crippen molar-refractivity contribution < 1.29 is 13.2 Å². The van der Waals surface area contributed by atoms with Gasteiger partial charge in [0.15, 0.2) is 0 Å². The van der Waals surface area contributed by atoms with Gasteiger partial charge in [0.1, 0.15) is 17.5 Å². The number of benzene rings is 2. The zero-order valence-corrected chi connectivity index (χ0v) is 13.0. The Hall–Kier alpha value is -0.810. The van der Waals surface area contributed by atoms with E-state index in [9.17, 15) is 13.2 Å². The summed E-state index contributed by atoms with van der Waals surface area (Å²) < 4.78 is 41.4.